The van der Waals surface area contributed by atoms with Crippen molar-refractivity contribution in [2.24, 2.45) is 22.2 Å². The van der Waals surface area contributed by atoms with Gasteiger partial charge in [0.2, 0.25) is 17.7 Å². The van der Waals surface area contributed by atoms with Crippen LogP contribution in [0.15, 0.2) is 35.5 Å². The number of hydrogen-bond donors (Lipinski definition) is 9. The number of fused-ring (bicyclic) bond motifs is 1. The Balaban J connectivity index is 2.14. The second-order valence-corrected chi connectivity index (χ2v) is 8.86. The Morgan fingerprint density at radius 1 is 1.05 bits per heavy atom. The van der Waals surface area contributed by atoms with Gasteiger partial charge in [0, 0.05) is 35.8 Å². The van der Waals surface area contributed by atoms with Crippen molar-refractivity contribution in [3.05, 3.63) is 36.0 Å². The number of benzene rings is 1. The smallest absolute Gasteiger partial charge is 0.327 e. The molecule has 2 rings (SSSR count). The SMILES string of the molecule is C[C@@H](NC(=O)[C@H](Cc1c[nH]c2ccccc12)NC(=O)[C@@H](N)CCCN=C(N)N)C(=O)N[C@@H](CS)C(=O)O. The molecule has 0 aliphatic carbocycles. The molecule has 0 saturated carbocycles. The monoisotopic (exact) mass is 534 g/mol. The van der Waals surface area contributed by atoms with Crippen molar-refractivity contribution in [3.8, 4) is 0 Å². The molecule has 0 saturated heterocycles. The lowest BCUT2D eigenvalue weighted by Crippen LogP contribution is -2.57. The highest BCUT2D eigenvalue weighted by atomic mass is 32.1. The molecule has 37 heavy (non-hydrogen) atoms. The number of nitrogens with zero attached hydrogens (tertiary/aromatic N) is 1. The van der Waals surface area contributed by atoms with Crippen LogP contribution >= 0.6 is 12.6 Å². The van der Waals surface area contributed by atoms with E-state index in [2.05, 4.69) is 38.6 Å². The van der Waals surface area contributed by atoms with Crippen molar-refractivity contribution in [3.63, 3.8) is 0 Å². The zero-order valence-corrected chi connectivity index (χ0v) is 21.3. The van der Waals surface area contributed by atoms with Crippen LogP contribution in [0.2, 0.25) is 0 Å². The van der Waals surface area contributed by atoms with Crippen LogP contribution in [0.3, 0.4) is 0 Å². The van der Waals surface area contributed by atoms with E-state index in [1.165, 1.54) is 6.92 Å². The number of carbonyl (C=O) groups excluding carboxylic acids is 3. The molecule has 0 spiro atoms. The summed E-state index contributed by atoms with van der Waals surface area (Å²) in [6, 6.07) is 3.21. The van der Waals surface area contributed by atoms with E-state index in [9.17, 15) is 19.2 Å². The Labute approximate surface area is 219 Å². The van der Waals surface area contributed by atoms with Gasteiger partial charge in [0.25, 0.3) is 0 Å². The van der Waals surface area contributed by atoms with Crippen molar-refractivity contribution in [1.82, 2.24) is 20.9 Å². The molecule has 1 aromatic carbocycles. The second-order valence-electron chi connectivity index (χ2n) is 8.49. The quantitative estimate of drug-likeness (QED) is 0.0602. The van der Waals surface area contributed by atoms with Gasteiger partial charge in [-0.2, -0.15) is 12.6 Å². The fourth-order valence-electron chi connectivity index (χ4n) is 3.52. The number of aromatic amines is 1. The number of rotatable bonds is 14. The van der Waals surface area contributed by atoms with Gasteiger partial charge in [-0.15, -0.1) is 0 Å². The number of guanidine groups is 1. The average molecular weight is 535 g/mol. The first-order valence-corrected chi connectivity index (χ1v) is 12.3. The van der Waals surface area contributed by atoms with Crippen molar-refractivity contribution in [2.45, 2.75) is 50.4 Å². The molecule has 11 N–H and O–H groups in total. The summed E-state index contributed by atoms with van der Waals surface area (Å²) in [7, 11) is 0. The minimum atomic E-state index is -1.25. The molecule has 2 aromatic rings. The molecule has 0 aliphatic heterocycles. The van der Waals surface area contributed by atoms with Gasteiger partial charge >= 0.3 is 5.97 Å². The number of amides is 3. The standard InChI is InChI=1S/C23H34N8O5S/c1-12(19(32)31-18(11-37)22(35)36)29-21(34)17(9-13-10-28-16-7-3-2-5-14(13)16)30-20(33)15(24)6-4-8-27-23(25)26/h2-3,5,7,10,12,15,17-18,28,37H,4,6,8-9,11,24H2,1H3,(H,29,34)(H,30,33)(H,31,32)(H,35,36)(H4,25,26,27)/t12-,15+,17+,18+/m1/s1. The molecule has 1 aromatic heterocycles. The summed E-state index contributed by atoms with van der Waals surface area (Å²) in [6.45, 7) is 1.71. The van der Waals surface area contributed by atoms with Gasteiger partial charge in [-0.1, -0.05) is 18.2 Å². The van der Waals surface area contributed by atoms with Crippen molar-refractivity contribution in [1.29, 1.82) is 0 Å². The van der Waals surface area contributed by atoms with Gasteiger partial charge in [0.1, 0.15) is 18.1 Å². The third-order valence-corrected chi connectivity index (χ3v) is 5.95. The maximum absolute atomic E-state index is 13.2. The first-order chi connectivity index (χ1) is 17.5. The lowest BCUT2D eigenvalue weighted by atomic mass is 10.0. The Bertz CT molecular complexity index is 1130. The molecule has 0 unspecified atom stereocenters. The van der Waals surface area contributed by atoms with E-state index in [1.54, 1.807) is 6.20 Å². The summed E-state index contributed by atoms with van der Waals surface area (Å²) in [4.78, 5) is 56.5. The number of aliphatic imine (C=N–C) groups is 1. The number of carbonyl (C=O) groups is 4. The van der Waals surface area contributed by atoms with Gasteiger partial charge in [0.05, 0.1) is 6.04 Å². The van der Waals surface area contributed by atoms with E-state index in [0.29, 0.717) is 13.0 Å². The minimum Gasteiger partial charge on any atom is -0.480 e. The molecule has 202 valence electrons. The molecule has 4 atom stereocenters. The largest absolute Gasteiger partial charge is 0.480 e. The molecule has 0 bridgehead atoms. The van der Waals surface area contributed by atoms with Crippen LogP contribution in [0, 0.1) is 0 Å². The number of aliphatic carboxylic acids is 1. The van der Waals surface area contributed by atoms with Crippen LogP contribution in [-0.2, 0) is 25.6 Å². The minimum absolute atomic E-state index is 0.0595. The van der Waals surface area contributed by atoms with E-state index in [0.717, 1.165) is 16.5 Å². The van der Waals surface area contributed by atoms with Crippen LogP contribution in [0.25, 0.3) is 10.9 Å². The predicted molar refractivity (Wildman–Crippen MR) is 143 cm³/mol. The first kappa shape index (κ1) is 29.5. The Kier molecular flexibility index (Phi) is 11.2. The number of nitrogens with two attached hydrogens (primary N) is 3. The van der Waals surface area contributed by atoms with Gasteiger partial charge in [-0.25, -0.2) is 4.79 Å². The maximum atomic E-state index is 13.2. The van der Waals surface area contributed by atoms with Crippen LogP contribution in [0.5, 0.6) is 0 Å². The number of thiol groups is 1. The highest BCUT2D eigenvalue weighted by Crippen LogP contribution is 2.19. The number of aromatic nitrogens is 1. The van der Waals surface area contributed by atoms with Crippen LogP contribution in [-0.4, -0.2) is 76.2 Å². The maximum Gasteiger partial charge on any atom is 0.327 e. The second kappa shape index (κ2) is 14.1. The molecular weight excluding hydrogens is 500 g/mol. The number of hydrogen-bond acceptors (Lipinski definition) is 7. The molecule has 14 heteroatoms. The summed E-state index contributed by atoms with van der Waals surface area (Å²) in [5, 5.41) is 17.5. The average Bonchev–Trinajstić information content (AvgIpc) is 3.26. The van der Waals surface area contributed by atoms with Crippen molar-refractivity contribution < 1.29 is 24.3 Å². The summed E-state index contributed by atoms with van der Waals surface area (Å²) in [6.07, 6.45) is 2.60. The number of carboxylic acid groups (broad SMARTS) is 1. The summed E-state index contributed by atoms with van der Waals surface area (Å²) in [5.74, 6) is -3.32. The third kappa shape index (κ3) is 8.99. The topological polar surface area (TPSA) is 231 Å². The number of H-pyrrole nitrogens is 1. The Hall–Kier alpha value is -3.78. The van der Waals surface area contributed by atoms with Crippen LogP contribution < -0.4 is 33.2 Å². The van der Waals surface area contributed by atoms with E-state index in [-0.39, 0.29) is 24.6 Å². The van der Waals surface area contributed by atoms with E-state index in [1.807, 2.05) is 24.3 Å². The summed E-state index contributed by atoms with van der Waals surface area (Å²) in [5.41, 5.74) is 18.2. The van der Waals surface area contributed by atoms with Crippen molar-refractivity contribution in [2.75, 3.05) is 12.3 Å². The highest BCUT2D eigenvalue weighted by molar-refractivity contribution is 7.80. The fraction of sp³-hybridized carbons (Fsp3) is 0.435. The molecule has 0 radical (unpaired) electrons. The Morgan fingerprint density at radius 2 is 1.73 bits per heavy atom. The number of para-hydroxylation sites is 1. The van der Waals surface area contributed by atoms with Gasteiger partial charge in [-0.05, 0) is 31.4 Å². The zero-order chi connectivity index (χ0) is 27.5. The lowest BCUT2D eigenvalue weighted by molar-refractivity contribution is -0.141. The van der Waals surface area contributed by atoms with Crippen molar-refractivity contribution >= 4 is 53.2 Å². The Morgan fingerprint density at radius 3 is 2.38 bits per heavy atom. The molecule has 0 fully saturated rings. The van der Waals surface area contributed by atoms with Gasteiger partial charge < -0.3 is 43.2 Å². The van der Waals surface area contributed by atoms with E-state index in [4.69, 9.17) is 22.3 Å². The zero-order valence-electron chi connectivity index (χ0n) is 20.4. The number of carboxylic acids is 1. The van der Waals surface area contributed by atoms with E-state index < -0.39 is 47.9 Å². The molecule has 13 nitrogen and oxygen atoms in total. The fourth-order valence-corrected chi connectivity index (χ4v) is 3.77. The first-order valence-electron chi connectivity index (χ1n) is 11.6. The van der Waals surface area contributed by atoms with E-state index >= 15 is 0 Å². The predicted octanol–water partition coefficient (Wildman–Crippen LogP) is -1.42. The molecular formula is C23H34N8O5S. The highest BCUT2D eigenvalue weighted by Gasteiger charge is 2.28. The molecule has 0 aliphatic rings. The summed E-state index contributed by atoms with van der Waals surface area (Å²) >= 11 is 3.91. The normalized spacial score (nSPS) is 14.1. The lowest BCUT2D eigenvalue weighted by Gasteiger charge is -2.23. The van der Waals surface area contributed by atoms with Gasteiger partial charge in [0.15, 0.2) is 5.96 Å². The van der Waals surface area contributed by atoms with Gasteiger partial charge in [-0.3, -0.25) is 19.4 Å². The van der Waals surface area contributed by atoms with Crippen LogP contribution in [0.4, 0.5) is 0 Å². The number of nitrogens with one attached hydrogen (secondary N) is 4. The third-order valence-electron chi connectivity index (χ3n) is 5.59. The summed E-state index contributed by atoms with van der Waals surface area (Å²) < 4.78 is 0. The molecule has 3 amide bonds. The molecule has 1 heterocycles. The van der Waals surface area contributed by atoms with Crippen LogP contribution in [0.1, 0.15) is 25.3 Å².